The number of hydrogen-bond acceptors (Lipinski definition) is 4. The number of rotatable bonds is 3. The number of esters is 1. The van der Waals surface area contributed by atoms with Crippen molar-refractivity contribution in [2.24, 2.45) is 45.3 Å². The van der Waals surface area contributed by atoms with Crippen LogP contribution in [-0.4, -0.2) is 24.6 Å². The predicted octanol–water partition coefficient (Wildman–Crippen LogP) is 5.54. The number of ether oxygens (including phenoxy) is 1. The minimum atomic E-state index is -0.545. The molecule has 0 aliphatic heterocycles. The molecular weight excluding hydrogens is 388 g/mol. The van der Waals surface area contributed by atoms with E-state index in [1.54, 1.807) is 0 Å². The Morgan fingerprint density at radius 2 is 1.68 bits per heavy atom. The monoisotopic (exact) mass is 428 g/mol. The Hall–Kier alpha value is -1.45. The lowest BCUT2D eigenvalue weighted by Crippen LogP contribution is -2.67. The minimum absolute atomic E-state index is 0.0657. The van der Waals surface area contributed by atoms with E-state index in [4.69, 9.17) is 4.74 Å². The zero-order valence-corrected chi connectivity index (χ0v) is 20.2. The summed E-state index contributed by atoms with van der Waals surface area (Å²) in [5.41, 5.74) is 0.619. The van der Waals surface area contributed by atoms with E-state index < -0.39 is 11.3 Å². The van der Waals surface area contributed by atoms with Gasteiger partial charge in [-0.25, -0.2) is 0 Å². The summed E-state index contributed by atoms with van der Waals surface area (Å²) < 4.78 is 6.02. The van der Waals surface area contributed by atoms with E-state index >= 15 is 0 Å². The van der Waals surface area contributed by atoms with Crippen molar-refractivity contribution in [3.05, 3.63) is 11.6 Å². The van der Waals surface area contributed by atoms with Crippen LogP contribution < -0.4 is 0 Å². The Morgan fingerprint density at radius 3 is 2.29 bits per heavy atom. The van der Waals surface area contributed by atoms with E-state index in [0.717, 1.165) is 31.8 Å². The molecule has 0 aromatic rings. The summed E-state index contributed by atoms with van der Waals surface area (Å²) in [5.74, 6) is 0.519. The summed E-state index contributed by atoms with van der Waals surface area (Å²) in [6.45, 7) is 13.4. The van der Waals surface area contributed by atoms with Gasteiger partial charge in [0, 0.05) is 12.3 Å². The van der Waals surface area contributed by atoms with Crippen molar-refractivity contribution in [3.8, 4) is 0 Å². The second-order valence-corrected chi connectivity index (χ2v) is 12.4. The lowest BCUT2D eigenvalue weighted by atomic mass is 9.35. The van der Waals surface area contributed by atoms with Crippen molar-refractivity contribution in [1.82, 2.24) is 0 Å². The molecule has 0 amide bonds. The molecule has 0 bridgehead atoms. The van der Waals surface area contributed by atoms with Crippen molar-refractivity contribution < 1.29 is 19.1 Å². The molecule has 4 aliphatic carbocycles. The number of carbonyl (C=O) groups is 3. The predicted molar refractivity (Wildman–Crippen MR) is 120 cm³/mol. The molecule has 0 N–H and O–H groups in total. The maximum Gasteiger partial charge on any atom is 0.302 e. The summed E-state index contributed by atoms with van der Waals surface area (Å²) in [6, 6.07) is 0. The van der Waals surface area contributed by atoms with Crippen molar-refractivity contribution in [2.45, 2.75) is 92.6 Å². The first-order chi connectivity index (χ1) is 14.4. The van der Waals surface area contributed by atoms with Crippen LogP contribution in [-0.2, 0) is 19.1 Å². The van der Waals surface area contributed by atoms with Gasteiger partial charge in [-0.3, -0.25) is 9.59 Å². The summed E-state index contributed by atoms with van der Waals surface area (Å²) >= 11 is 0. The van der Waals surface area contributed by atoms with Gasteiger partial charge in [0.25, 0.3) is 0 Å². The first kappa shape index (κ1) is 22.7. The van der Waals surface area contributed by atoms with Crippen LogP contribution in [0.5, 0.6) is 0 Å². The molecule has 0 spiro atoms. The lowest BCUT2D eigenvalue weighted by molar-refractivity contribution is -0.238. The molecule has 4 rings (SSSR count). The molecule has 0 aromatic heterocycles. The third-order valence-electron chi connectivity index (χ3n) is 10.7. The highest BCUT2D eigenvalue weighted by atomic mass is 16.5. The number of aldehydes is 2. The lowest BCUT2D eigenvalue weighted by Gasteiger charge is -2.70. The van der Waals surface area contributed by atoms with Gasteiger partial charge in [0.05, 0.1) is 5.92 Å². The van der Waals surface area contributed by atoms with Gasteiger partial charge in [-0.05, 0) is 78.1 Å². The van der Waals surface area contributed by atoms with E-state index in [1.807, 2.05) is 6.08 Å². The van der Waals surface area contributed by atoms with Crippen LogP contribution in [0.4, 0.5) is 0 Å². The fourth-order valence-corrected chi connectivity index (χ4v) is 9.45. The third kappa shape index (κ3) is 3.03. The molecule has 0 aromatic carbocycles. The Morgan fingerprint density at radius 1 is 1.00 bits per heavy atom. The molecule has 31 heavy (non-hydrogen) atoms. The molecule has 0 saturated heterocycles. The van der Waals surface area contributed by atoms with Gasteiger partial charge in [-0.2, -0.15) is 0 Å². The van der Waals surface area contributed by atoms with Crippen molar-refractivity contribution in [1.29, 1.82) is 0 Å². The maximum atomic E-state index is 12.3. The average Bonchev–Trinajstić information content (AvgIpc) is 2.67. The van der Waals surface area contributed by atoms with E-state index in [2.05, 4.69) is 34.6 Å². The number of allylic oxidation sites excluding steroid dienone is 2. The summed E-state index contributed by atoms with van der Waals surface area (Å²) in [4.78, 5) is 36.3. The molecule has 3 fully saturated rings. The number of carbonyl (C=O) groups excluding carboxylic acids is 3. The van der Waals surface area contributed by atoms with Crippen molar-refractivity contribution in [3.63, 3.8) is 0 Å². The first-order valence-electron chi connectivity index (χ1n) is 12.2. The van der Waals surface area contributed by atoms with Crippen LogP contribution in [0.1, 0.15) is 86.5 Å². The van der Waals surface area contributed by atoms with Gasteiger partial charge < -0.3 is 9.53 Å². The van der Waals surface area contributed by atoms with Gasteiger partial charge >= 0.3 is 5.97 Å². The van der Waals surface area contributed by atoms with Crippen LogP contribution >= 0.6 is 0 Å². The number of fused-ring (bicyclic) bond motifs is 5. The van der Waals surface area contributed by atoms with Crippen LogP contribution in [0.3, 0.4) is 0 Å². The SMILES string of the molecule is CC(=O)O[C@@H]1CC2[C@@]3(C)CCCC(C)(C)C3CC[C@@]2(C)C2CC=C(C=O)[C@H](C=O)[C@]21C. The quantitative estimate of drug-likeness (QED) is 0.437. The zero-order valence-electron chi connectivity index (χ0n) is 20.2. The molecule has 0 heterocycles. The fraction of sp³-hybridized carbons (Fsp3) is 0.815. The van der Waals surface area contributed by atoms with Gasteiger partial charge in [0.15, 0.2) is 0 Å². The molecular formula is C27H40O4. The summed E-state index contributed by atoms with van der Waals surface area (Å²) in [7, 11) is 0. The molecule has 4 heteroatoms. The zero-order chi connectivity index (χ0) is 22.8. The summed E-state index contributed by atoms with van der Waals surface area (Å²) in [5, 5.41) is 0. The van der Waals surface area contributed by atoms with Gasteiger partial charge in [0.2, 0.25) is 0 Å². The van der Waals surface area contributed by atoms with Gasteiger partial charge in [0.1, 0.15) is 18.7 Å². The molecule has 4 nitrogen and oxygen atoms in total. The highest BCUT2D eigenvalue weighted by molar-refractivity contribution is 5.82. The largest absolute Gasteiger partial charge is 0.462 e. The van der Waals surface area contributed by atoms with Crippen LogP contribution in [0.25, 0.3) is 0 Å². The highest BCUT2D eigenvalue weighted by Gasteiger charge is 2.68. The van der Waals surface area contributed by atoms with Crippen LogP contribution in [0.2, 0.25) is 0 Å². The van der Waals surface area contributed by atoms with E-state index in [1.165, 1.54) is 32.6 Å². The van der Waals surface area contributed by atoms with E-state index in [9.17, 15) is 14.4 Å². The fourth-order valence-electron chi connectivity index (χ4n) is 9.45. The molecule has 3 unspecified atom stereocenters. The van der Waals surface area contributed by atoms with E-state index in [0.29, 0.717) is 22.8 Å². The smallest absolute Gasteiger partial charge is 0.302 e. The summed E-state index contributed by atoms with van der Waals surface area (Å²) in [6.07, 6.45) is 11.1. The molecule has 4 aliphatic rings. The molecule has 0 radical (unpaired) electrons. The van der Waals surface area contributed by atoms with Gasteiger partial charge in [-0.1, -0.05) is 47.1 Å². The third-order valence-corrected chi connectivity index (χ3v) is 10.7. The van der Waals surface area contributed by atoms with Crippen LogP contribution in [0, 0.1) is 45.3 Å². The topological polar surface area (TPSA) is 60.4 Å². The van der Waals surface area contributed by atoms with Gasteiger partial charge in [-0.15, -0.1) is 0 Å². The van der Waals surface area contributed by atoms with Crippen molar-refractivity contribution in [2.75, 3.05) is 0 Å². The Labute approximate surface area is 187 Å². The Bertz CT molecular complexity index is 812. The average molecular weight is 429 g/mol. The molecule has 8 atom stereocenters. The number of hydrogen-bond donors (Lipinski definition) is 0. The molecule has 3 saturated carbocycles. The second kappa shape index (κ2) is 7.28. The minimum Gasteiger partial charge on any atom is -0.462 e. The van der Waals surface area contributed by atoms with Crippen molar-refractivity contribution >= 4 is 18.5 Å². The second-order valence-electron chi connectivity index (χ2n) is 12.4. The standard InChI is InChI=1S/C27H40O4/c1-17(30)31-23-14-22-25(4)12-7-11-24(2,3)20(25)10-13-26(22,5)21-9-8-18(15-28)19(16-29)27(21,23)6/h8,15-16,19-23H,7,9-14H2,1-6H3/t19-,20?,21?,22?,23+,25-,26-,27+/m0/s1. The highest BCUT2D eigenvalue weighted by Crippen LogP contribution is 2.73. The van der Waals surface area contributed by atoms with E-state index in [-0.39, 0.29) is 28.8 Å². The molecule has 172 valence electrons. The Balaban J connectivity index is 1.85. The van der Waals surface area contributed by atoms with Crippen LogP contribution in [0.15, 0.2) is 11.6 Å². The Kier molecular flexibility index (Phi) is 5.34. The first-order valence-corrected chi connectivity index (χ1v) is 12.2. The maximum absolute atomic E-state index is 12.3. The normalized spacial score (nSPS) is 48.3.